The van der Waals surface area contributed by atoms with E-state index in [9.17, 15) is 9.90 Å². The molecule has 0 saturated carbocycles. The van der Waals surface area contributed by atoms with E-state index in [1.54, 1.807) is 0 Å². The van der Waals surface area contributed by atoms with E-state index in [0.29, 0.717) is 18.0 Å². The van der Waals surface area contributed by atoms with E-state index in [2.05, 4.69) is 17.1 Å². The van der Waals surface area contributed by atoms with E-state index in [1.807, 2.05) is 12.1 Å². The number of hydrogen-bond donors (Lipinski definition) is 3. The van der Waals surface area contributed by atoms with Crippen LogP contribution >= 0.6 is 0 Å². The van der Waals surface area contributed by atoms with E-state index < -0.39 is 0 Å². The van der Waals surface area contributed by atoms with Gasteiger partial charge in [0.2, 0.25) is 5.91 Å². The van der Waals surface area contributed by atoms with Crippen molar-refractivity contribution in [2.75, 3.05) is 29.1 Å². The third-order valence-corrected chi connectivity index (χ3v) is 4.26. The van der Waals surface area contributed by atoms with Crippen LogP contribution in [0.25, 0.3) is 0 Å². The van der Waals surface area contributed by atoms with Crippen LogP contribution in [-0.4, -0.2) is 30.2 Å². The zero-order valence-electron chi connectivity index (χ0n) is 11.0. The summed E-state index contributed by atoms with van der Waals surface area (Å²) in [7, 11) is 0. The molecule has 102 valence electrons. The molecule has 1 amide bonds. The second-order valence-corrected chi connectivity index (χ2v) is 5.50. The minimum Gasteiger partial charge on any atom is -0.397 e. The Morgan fingerprint density at radius 3 is 3.05 bits per heavy atom. The number of nitrogens with one attached hydrogen (secondary N) is 1. The number of hydrogen-bond acceptors (Lipinski definition) is 4. The third kappa shape index (κ3) is 1.94. The Morgan fingerprint density at radius 2 is 2.32 bits per heavy atom. The first kappa shape index (κ1) is 12.3. The molecule has 5 heteroatoms. The number of nitrogen functional groups attached to an aromatic ring is 1. The van der Waals surface area contributed by atoms with Gasteiger partial charge in [-0.25, -0.2) is 0 Å². The summed E-state index contributed by atoms with van der Waals surface area (Å²) in [5, 5.41) is 12.4. The number of anilines is 3. The molecular formula is C14H19N3O2. The first-order chi connectivity index (χ1) is 9.10. The number of nitrogens with two attached hydrogens (primary N) is 1. The molecule has 1 aromatic rings. The third-order valence-electron chi connectivity index (χ3n) is 4.26. The lowest BCUT2D eigenvalue weighted by Gasteiger charge is -2.29. The van der Waals surface area contributed by atoms with Crippen LogP contribution in [0.15, 0.2) is 12.1 Å². The number of rotatable bonds is 2. The predicted molar refractivity (Wildman–Crippen MR) is 75.2 cm³/mol. The summed E-state index contributed by atoms with van der Waals surface area (Å²) >= 11 is 0. The van der Waals surface area contributed by atoms with Gasteiger partial charge in [0.1, 0.15) is 0 Å². The summed E-state index contributed by atoms with van der Waals surface area (Å²) in [6, 6.07) is 3.92. The first-order valence-corrected chi connectivity index (χ1v) is 6.70. The average molecular weight is 261 g/mol. The maximum absolute atomic E-state index is 11.4. The summed E-state index contributed by atoms with van der Waals surface area (Å²) in [5.74, 6) is 0.465. The van der Waals surface area contributed by atoms with Gasteiger partial charge in [0.25, 0.3) is 0 Å². The standard InChI is InChI=1S/C14H19N3O2/c1-8-2-3-17(13(8)7-18)12-6-11-9(4-10(12)15)5-14(19)16-11/h4,6,8,13,18H,2-3,5,7,15H2,1H3,(H,16,19). The lowest BCUT2D eigenvalue weighted by Crippen LogP contribution is -2.35. The SMILES string of the molecule is CC1CCN(c2cc3c(cc2N)CC(=O)N3)C1CO. The summed E-state index contributed by atoms with van der Waals surface area (Å²) in [6.07, 6.45) is 1.45. The zero-order chi connectivity index (χ0) is 13.6. The number of fused-ring (bicyclic) bond motifs is 1. The van der Waals surface area contributed by atoms with Gasteiger partial charge in [-0.15, -0.1) is 0 Å². The molecular weight excluding hydrogens is 242 g/mol. The normalized spacial score (nSPS) is 25.6. The molecule has 0 radical (unpaired) electrons. The maximum Gasteiger partial charge on any atom is 0.228 e. The van der Waals surface area contributed by atoms with Gasteiger partial charge >= 0.3 is 0 Å². The second-order valence-electron chi connectivity index (χ2n) is 5.50. The molecule has 3 rings (SSSR count). The van der Waals surface area contributed by atoms with E-state index in [0.717, 1.165) is 29.9 Å². The fourth-order valence-corrected chi connectivity index (χ4v) is 3.12. The molecule has 2 aliphatic rings. The Bertz CT molecular complexity index is 530. The number of nitrogens with zero attached hydrogens (tertiary/aromatic N) is 1. The zero-order valence-corrected chi connectivity index (χ0v) is 11.0. The molecule has 2 aliphatic heterocycles. The Balaban J connectivity index is 1.98. The van der Waals surface area contributed by atoms with Gasteiger partial charge in [-0.2, -0.15) is 0 Å². The highest BCUT2D eigenvalue weighted by molar-refractivity contribution is 6.01. The van der Waals surface area contributed by atoms with Crippen LogP contribution < -0.4 is 16.0 Å². The molecule has 4 N–H and O–H groups in total. The van der Waals surface area contributed by atoms with Crippen molar-refractivity contribution in [1.29, 1.82) is 0 Å². The smallest absolute Gasteiger partial charge is 0.228 e. The summed E-state index contributed by atoms with van der Waals surface area (Å²) < 4.78 is 0. The minimum atomic E-state index is 0.0139. The number of aliphatic hydroxyl groups excluding tert-OH is 1. The maximum atomic E-state index is 11.4. The highest BCUT2D eigenvalue weighted by Crippen LogP contribution is 2.38. The van der Waals surface area contributed by atoms with Crippen LogP contribution in [-0.2, 0) is 11.2 Å². The second kappa shape index (κ2) is 4.42. The fourth-order valence-electron chi connectivity index (χ4n) is 3.12. The van der Waals surface area contributed by atoms with E-state index in [1.165, 1.54) is 0 Å². The number of carbonyl (C=O) groups is 1. The van der Waals surface area contributed by atoms with E-state index in [4.69, 9.17) is 5.73 Å². The van der Waals surface area contributed by atoms with Crippen LogP contribution in [0.1, 0.15) is 18.9 Å². The summed E-state index contributed by atoms with van der Waals surface area (Å²) in [4.78, 5) is 13.6. The molecule has 1 aromatic carbocycles. The molecule has 2 unspecified atom stereocenters. The monoisotopic (exact) mass is 261 g/mol. The average Bonchev–Trinajstić information content (AvgIpc) is 2.89. The topological polar surface area (TPSA) is 78.6 Å². The summed E-state index contributed by atoms with van der Waals surface area (Å²) in [6.45, 7) is 3.17. The molecule has 0 spiro atoms. The van der Waals surface area contributed by atoms with Crippen molar-refractivity contribution in [3.63, 3.8) is 0 Å². The Labute approximate surface area is 112 Å². The Kier molecular flexibility index (Phi) is 2.86. The summed E-state index contributed by atoms with van der Waals surface area (Å²) in [5.41, 5.74) is 9.53. The van der Waals surface area contributed by atoms with Crippen LogP contribution in [0.2, 0.25) is 0 Å². The van der Waals surface area contributed by atoms with Crippen molar-refractivity contribution >= 4 is 23.0 Å². The lowest BCUT2D eigenvalue weighted by molar-refractivity contribution is -0.115. The van der Waals surface area contributed by atoms with Crippen molar-refractivity contribution in [3.8, 4) is 0 Å². The Hall–Kier alpha value is -1.75. The van der Waals surface area contributed by atoms with Crippen LogP contribution in [0, 0.1) is 5.92 Å². The van der Waals surface area contributed by atoms with Gasteiger partial charge in [0.05, 0.1) is 30.4 Å². The molecule has 0 aromatic heterocycles. The van der Waals surface area contributed by atoms with Gasteiger partial charge in [-0.05, 0) is 30.0 Å². The largest absolute Gasteiger partial charge is 0.397 e. The van der Waals surface area contributed by atoms with E-state index >= 15 is 0 Å². The van der Waals surface area contributed by atoms with Gasteiger partial charge in [0, 0.05) is 12.2 Å². The molecule has 2 heterocycles. The minimum absolute atomic E-state index is 0.0139. The highest BCUT2D eigenvalue weighted by Gasteiger charge is 2.32. The fraction of sp³-hybridized carbons (Fsp3) is 0.500. The molecule has 0 bridgehead atoms. The van der Waals surface area contributed by atoms with Gasteiger partial charge in [-0.3, -0.25) is 4.79 Å². The number of amides is 1. The molecule has 19 heavy (non-hydrogen) atoms. The highest BCUT2D eigenvalue weighted by atomic mass is 16.3. The molecule has 1 saturated heterocycles. The first-order valence-electron chi connectivity index (χ1n) is 6.70. The predicted octanol–water partition coefficient (Wildman–Crippen LogP) is 0.970. The molecule has 5 nitrogen and oxygen atoms in total. The van der Waals surface area contributed by atoms with Crippen molar-refractivity contribution in [1.82, 2.24) is 0 Å². The lowest BCUT2D eigenvalue weighted by atomic mass is 10.0. The van der Waals surface area contributed by atoms with Crippen molar-refractivity contribution in [2.45, 2.75) is 25.8 Å². The molecule has 0 aliphatic carbocycles. The van der Waals surface area contributed by atoms with E-state index in [-0.39, 0.29) is 18.6 Å². The van der Waals surface area contributed by atoms with Crippen LogP contribution in [0.5, 0.6) is 0 Å². The van der Waals surface area contributed by atoms with Crippen molar-refractivity contribution < 1.29 is 9.90 Å². The van der Waals surface area contributed by atoms with Crippen LogP contribution in [0.3, 0.4) is 0 Å². The number of benzene rings is 1. The van der Waals surface area contributed by atoms with Crippen molar-refractivity contribution in [3.05, 3.63) is 17.7 Å². The quantitative estimate of drug-likeness (QED) is 0.693. The van der Waals surface area contributed by atoms with Gasteiger partial charge in [-0.1, -0.05) is 6.92 Å². The molecule has 1 fully saturated rings. The van der Waals surface area contributed by atoms with Gasteiger partial charge < -0.3 is 21.1 Å². The van der Waals surface area contributed by atoms with Crippen molar-refractivity contribution in [2.24, 2.45) is 5.92 Å². The number of aliphatic hydroxyl groups is 1. The van der Waals surface area contributed by atoms with Gasteiger partial charge in [0.15, 0.2) is 0 Å². The Morgan fingerprint density at radius 1 is 1.53 bits per heavy atom. The van der Waals surface area contributed by atoms with Crippen LogP contribution in [0.4, 0.5) is 17.1 Å². The molecule has 2 atom stereocenters. The number of carbonyl (C=O) groups excluding carboxylic acids is 1.